The molecule has 0 aromatic heterocycles. The molecule has 0 amide bonds. The minimum Gasteiger partial charge on any atom is -0.389 e. The molecule has 2 aromatic rings. The molecule has 20 heavy (non-hydrogen) atoms. The quantitative estimate of drug-likeness (QED) is 0.839. The van der Waals surface area contributed by atoms with Gasteiger partial charge in [0.2, 0.25) is 0 Å². The highest BCUT2D eigenvalue weighted by molar-refractivity contribution is 7.80. The Kier molecular flexibility index (Phi) is 4.61. The molecule has 106 valence electrons. The molecule has 2 N–H and O–H groups in total. The van der Waals surface area contributed by atoms with Gasteiger partial charge in [0.25, 0.3) is 0 Å². The Bertz CT molecular complexity index is 617. The molecular weight excluding hydrogens is 264 g/mol. The topological polar surface area (TPSA) is 29.3 Å². The Labute approximate surface area is 126 Å². The lowest BCUT2D eigenvalue weighted by molar-refractivity contribution is 0.593. The smallest absolute Gasteiger partial charge is 0.104 e. The van der Waals surface area contributed by atoms with Crippen LogP contribution < -0.4 is 10.6 Å². The van der Waals surface area contributed by atoms with Crippen LogP contribution >= 0.6 is 12.2 Å². The molecule has 0 aliphatic heterocycles. The molecule has 0 aliphatic carbocycles. The van der Waals surface area contributed by atoms with Gasteiger partial charge in [0, 0.05) is 29.7 Å². The Balaban J connectivity index is 2.61. The maximum atomic E-state index is 5.84. The number of fused-ring (bicyclic) bond motifs is 1. The van der Waals surface area contributed by atoms with Crippen LogP contribution in [0.4, 0.5) is 5.69 Å². The van der Waals surface area contributed by atoms with E-state index < -0.39 is 0 Å². The molecule has 0 saturated heterocycles. The van der Waals surface area contributed by atoms with Gasteiger partial charge in [-0.3, -0.25) is 0 Å². The lowest BCUT2D eigenvalue weighted by Crippen LogP contribution is -2.30. The van der Waals surface area contributed by atoms with Gasteiger partial charge >= 0.3 is 0 Å². The van der Waals surface area contributed by atoms with Crippen LogP contribution in [-0.4, -0.2) is 18.1 Å². The number of anilines is 1. The fourth-order valence-electron chi connectivity index (χ4n) is 2.84. The Morgan fingerprint density at radius 1 is 1.10 bits per heavy atom. The van der Waals surface area contributed by atoms with E-state index >= 15 is 0 Å². The van der Waals surface area contributed by atoms with Gasteiger partial charge in [0.05, 0.1) is 0 Å². The number of hydrogen-bond acceptors (Lipinski definition) is 2. The first-order valence-electron chi connectivity index (χ1n) is 7.14. The van der Waals surface area contributed by atoms with E-state index in [1.54, 1.807) is 0 Å². The maximum Gasteiger partial charge on any atom is 0.104 e. The molecule has 0 unspecified atom stereocenters. The first kappa shape index (κ1) is 14.8. The van der Waals surface area contributed by atoms with Gasteiger partial charge < -0.3 is 10.6 Å². The summed E-state index contributed by atoms with van der Waals surface area (Å²) in [5, 5.41) is 2.35. The Morgan fingerprint density at radius 3 is 2.25 bits per heavy atom. The average Bonchev–Trinajstić information content (AvgIpc) is 2.47. The predicted octanol–water partition coefficient (Wildman–Crippen LogP) is 4.10. The van der Waals surface area contributed by atoms with Gasteiger partial charge in [0.15, 0.2) is 0 Å². The lowest BCUT2D eigenvalue weighted by atomic mass is 10.0. The standard InChI is InChI=1S/C17H22N2S/c1-4-12(5-2)19(3)16-11-10-15(17(18)20)13-8-6-7-9-14(13)16/h6-12H,4-5H2,1-3H3,(H2,18,20). The van der Waals surface area contributed by atoms with Crippen LogP contribution in [0.1, 0.15) is 32.3 Å². The second-order valence-corrected chi connectivity index (χ2v) is 5.56. The van der Waals surface area contributed by atoms with Crippen molar-refractivity contribution in [3.63, 3.8) is 0 Å². The molecule has 2 nitrogen and oxygen atoms in total. The second-order valence-electron chi connectivity index (χ2n) is 5.12. The minimum absolute atomic E-state index is 0.456. The van der Waals surface area contributed by atoms with Gasteiger partial charge in [-0.2, -0.15) is 0 Å². The van der Waals surface area contributed by atoms with Crippen LogP contribution in [0.2, 0.25) is 0 Å². The van der Waals surface area contributed by atoms with Gasteiger partial charge in [-0.1, -0.05) is 50.3 Å². The van der Waals surface area contributed by atoms with Crippen molar-refractivity contribution in [3.05, 3.63) is 42.0 Å². The summed E-state index contributed by atoms with van der Waals surface area (Å²) in [4.78, 5) is 2.82. The molecule has 0 radical (unpaired) electrons. The number of benzene rings is 2. The van der Waals surface area contributed by atoms with Crippen molar-refractivity contribution in [3.8, 4) is 0 Å². The maximum absolute atomic E-state index is 5.84. The van der Waals surface area contributed by atoms with Crippen molar-refractivity contribution >= 4 is 33.7 Å². The Hall–Kier alpha value is -1.61. The summed E-state index contributed by atoms with van der Waals surface area (Å²) in [5.74, 6) is 0. The van der Waals surface area contributed by atoms with E-state index in [4.69, 9.17) is 18.0 Å². The third-order valence-electron chi connectivity index (χ3n) is 4.04. The molecule has 2 aromatic carbocycles. The van der Waals surface area contributed by atoms with Crippen molar-refractivity contribution in [1.82, 2.24) is 0 Å². The first-order valence-corrected chi connectivity index (χ1v) is 7.55. The normalized spacial score (nSPS) is 11.0. The first-order chi connectivity index (χ1) is 9.60. The van der Waals surface area contributed by atoms with Gasteiger partial charge in [0.1, 0.15) is 4.99 Å². The third kappa shape index (κ3) is 2.63. The fourth-order valence-corrected chi connectivity index (χ4v) is 3.02. The largest absolute Gasteiger partial charge is 0.389 e. The van der Waals surface area contributed by atoms with Crippen molar-refractivity contribution in [2.75, 3.05) is 11.9 Å². The molecule has 0 heterocycles. The van der Waals surface area contributed by atoms with Crippen molar-refractivity contribution in [2.24, 2.45) is 5.73 Å². The van der Waals surface area contributed by atoms with Crippen LogP contribution in [0.15, 0.2) is 36.4 Å². The minimum atomic E-state index is 0.456. The van der Waals surface area contributed by atoms with E-state index in [2.05, 4.69) is 50.1 Å². The van der Waals surface area contributed by atoms with E-state index in [0.29, 0.717) is 11.0 Å². The van der Waals surface area contributed by atoms with Crippen molar-refractivity contribution in [2.45, 2.75) is 32.7 Å². The van der Waals surface area contributed by atoms with Gasteiger partial charge in [-0.15, -0.1) is 0 Å². The SMILES string of the molecule is CCC(CC)N(C)c1ccc(C(N)=S)c2ccccc12. The zero-order chi connectivity index (χ0) is 14.7. The van der Waals surface area contributed by atoms with Gasteiger partial charge in [-0.05, 0) is 30.4 Å². The fraction of sp³-hybridized carbons (Fsp3) is 0.353. The zero-order valence-electron chi connectivity index (χ0n) is 12.4. The van der Waals surface area contributed by atoms with Gasteiger partial charge in [-0.25, -0.2) is 0 Å². The molecule has 3 heteroatoms. The lowest BCUT2D eigenvalue weighted by Gasteiger charge is -2.30. The number of nitrogens with zero attached hydrogens (tertiary/aromatic N) is 1. The van der Waals surface area contributed by atoms with Crippen LogP contribution in [0, 0.1) is 0 Å². The summed E-state index contributed by atoms with van der Waals surface area (Å²) >= 11 is 5.16. The number of nitrogens with two attached hydrogens (primary N) is 1. The summed E-state index contributed by atoms with van der Waals surface area (Å²) in [6.45, 7) is 4.46. The van der Waals surface area contributed by atoms with Crippen LogP contribution in [0.5, 0.6) is 0 Å². The molecule has 0 saturated carbocycles. The monoisotopic (exact) mass is 286 g/mol. The summed E-state index contributed by atoms with van der Waals surface area (Å²) in [5.41, 5.74) is 8.04. The Morgan fingerprint density at radius 2 is 1.70 bits per heavy atom. The van der Waals surface area contributed by atoms with E-state index in [0.717, 1.165) is 23.8 Å². The average molecular weight is 286 g/mol. The second kappa shape index (κ2) is 6.23. The van der Waals surface area contributed by atoms with E-state index in [1.807, 2.05) is 12.1 Å². The molecule has 0 fully saturated rings. The van der Waals surface area contributed by atoms with Crippen molar-refractivity contribution in [1.29, 1.82) is 0 Å². The summed E-state index contributed by atoms with van der Waals surface area (Å²) in [6.07, 6.45) is 2.27. The third-order valence-corrected chi connectivity index (χ3v) is 4.26. The number of rotatable bonds is 5. The summed E-state index contributed by atoms with van der Waals surface area (Å²) in [6, 6.07) is 13.1. The highest BCUT2D eigenvalue weighted by Crippen LogP contribution is 2.30. The predicted molar refractivity (Wildman–Crippen MR) is 92.6 cm³/mol. The molecular formula is C17H22N2S. The van der Waals surface area contributed by atoms with E-state index in [9.17, 15) is 0 Å². The highest BCUT2D eigenvalue weighted by atomic mass is 32.1. The summed E-state index contributed by atoms with van der Waals surface area (Å²) < 4.78 is 0. The summed E-state index contributed by atoms with van der Waals surface area (Å²) in [7, 11) is 2.17. The molecule has 2 rings (SSSR count). The molecule has 0 atom stereocenters. The number of thiocarbonyl (C=S) groups is 1. The van der Waals surface area contributed by atoms with Crippen LogP contribution in [0.25, 0.3) is 10.8 Å². The van der Waals surface area contributed by atoms with Crippen LogP contribution in [-0.2, 0) is 0 Å². The molecule has 0 bridgehead atoms. The molecule has 0 spiro atoms. The molecule has 0 aliphatic rings. The zero-order valence-corrected chi connectivity index (χ0v) is 13.2. The number of hydrogen-bond donors (Lipinski definition) is 1. The van der Waals surface area contributed by atoms with E-state index in [-0.39, 0.29) is 0 Å². The van der Waals surface area contributed by atoms with E-state index in [1.165, 1.54) is 11.1 Å². The highest BCUT2D eigenvalue weighted by Gasteiger charge is 2.15. The van der Waals surface area contributed by atoms with Crippen molar-refractivity contribution < 1.29 is 0 Å². The van der Waals surface area contributed by atoms with Crippen LogP contribution in [0.3, 0.4) is 0 Å².